The maximum atomic E-state index is 12.3. The van der Waals surface area contributed by atoms with Crippen molar-refractivity contribution in [3.63, 3.8) is 0 Å². The van der Waals surface area contributed by atoms with Crippen LogP contribution in [0.15, 0.2) is 83.0 Å². The first-order chi connectivity index (χ1) is 17.7. The van der Waals surface area contributed by atoms with Gasteiger partial charge in [0.1, 0.15) is 11.5 Å². The summed E-state index contributed by atoms with van der Waals surface area (Å²) in [6.07, 6.45) is 6.31. The SMILES string of the molecule is COc1cccc(C=NNCCCC[CH]Nc2ccc(C(=O)NN=Cc3cccc(OC)c3)cc2)c1. The molecule has 0 fully saturated rings. The molecule has 8 heteroatoms. The molecule has 0 aromatic heterocycles. The van der Waals surface area contributed by atoms with Crippen LogP contribution >= 0.6 is 0 Å². The number of nitrogens with zero attached hydrogens (tertiary/aromatic N) is 2. The predicted molar refractivity (Wildman–Crippen MR) is 145 cm³/mol. The summed E-state index contributed by atoms with van der Waals surface area (Å²) in [5.74, 6) is 1.28. The van der Waals surface area contributed by atoms with Gasteiger partial charge in [-0.3, -0.25) is 4.79 Å². The number of benzene rings is 3. The zero-order valence-electron chi connectivity index (χ0n) is 20.6. The van der Waals surface area contributed by atoms with Crippen molar-refractivity contribution in [3.8, 4) is 11.5 Å². The van der Waals surface area contributed by atoms with Crippen molar-refractivity contribution in [3.05, 3.63) is 96.0 Å². The minimum absolute atomic E-state index is 0.272. The topological polar surface area (TPSA) is 96.3 Å². The van der Waals surface area contributed by atoms with E-state index in [9.17, 15) is 4.79 Å². The number of rotatable bonds is 14. The Hall–Kier alpha value is -4.33. The second-order valence-electron chi connectivity index (χ2n) is 7.84. The van der Waals surface area contributed by atoms with E-state index in [1.54, 1.807) is 38.8 Å². The van der Waals surface area contributed by atoms with Gasteiger partial charge in [0.25, 0.3) is 5.91 Å². The van der Waals surface area contributed by atoms with Crippen LogP contribution in [0.5, 0.6) is 11.5 Å². The smallest absolute Gasteiger partial charge is 0.271 e. The van der Waals surface area contributed by atoms with Crippen LogP contribution in [0.2, 0.25) is 0 Å². The van der Waals surface area contributed by atoms with Crippen molar-refractivity contribution < 1.29 is 14.3 Å². The molecule has 3 aromatic rings. The number of nitrogens with one attached hydrogen (secondary N) is 3. The van der Waals surface area contributed by atoms with Gasteiger partial charge in [0.05, 0.1) is 26.6 Å². The first-order valence-corrected chi connectivity index (χ1v) is 11.7. The Balaban J connectivity index is 1.28. The third kappa shape index (κ3) is 9.13. The van der Waals surface area contributed by atoms with Gasteiger partial charge >= 0.3 is 0 Å². The molecule has 0 heterocycles. The average Bonchev–Trinajstić information content (AvgIpc) is 2.92. The van der Waals surface area contributed by atoms with Gasteiger partial charge in [0.2, 0.25) is 0 Å². The largest absolute Gasteiger partial charge is 0.497 e. The molecule has 1 amide bonds. The second-order valence-corrected chi connectivity index (χ2v) is 7.84. The van der Waals surface area contributed by atoms with Gasteiger partial charge < -0.3 is 20.2 Å². The number of ether oxygens (including phenoxy) is 2. The van der Waals surface area contributed by atoms with Gasteiger partial charge in [0, 0.05) is 24.3 Å². The lowest BCUT2D eigenvalue weighted by molar-refractivity contribution is 0.0955. The zero-order valence-corrected chi connectivity index (χ0v) is 20.6. The average molecular weight is 487 g/mol. The van der Waals surface area contributed by atoms with Crippen LogP contribution in [-0.4, -0.2) is 39.1 Å². The lowest BCUT2D eigenvalue weighted by atomic mass is 10.2. The summed E-state index contributed by atoms with van der Waals surface area (Å²) in [4.78, 5) is 12.3. The Morgan fingerprint density at radius 3 is 2.11 bits per heavy atom. The summed E-state index contributed by atoms with van der Waals surface area (Å²) in [6, 6.07) is 22.4. The molecule has 0 saturated heterocycles. The molecule has 3 rings (SSSR count). The number of carbonyl (C=O) groups is 1. The first kappa shape index (κ1) is 26.3. The van der Waals surface area contributed by atoms with Crippen molar-refractivity contribution in [2.24, 2.45) is 10.2 Å². The zero-order chi connectivity index (χ0) is 25.4. The molecule has 0 saturated carbocycles. The molecule has 0 spiro atoms. The van der Waals surface area contributed by atoms with E-state index in [2.05, 4.69) is 26.4 Å². The molecular weight excluding hydrogens is 454 g/mol. The van der Waals surface area contributed by atoms with Crippen LogP contribution < -0.4 is 25.6 Å². The summed E-state index contributed by atoms with van der Waals surface area (Å²) in [5, 5.41) is 11.5. The number of methoxy groups -OCH3 is 2. The van der Waals surface area contributed by atoms with E-state index >= 15 is 0 Å². The van der Waals surface area contributed by atoms with Gasteiger partial charge in [0.15, 0.2) is 0 Å². The van der Waals surface area contributed by atoms with Gasteiger partial charge in [-0.1, -0.05) is 24.3 Å². The maximum Gasteiger partial charge on any atom is 0.271 e. The predicted octanol–water partition coefficient (Wildman–Crippen LogP) is 4.84. The number of hydrogen-bond acceptors (Lipinski definition) is 7. The van der Waals surface area contributed by atoms with Crippen LogP contribution in [0, 0.1) is 6.54 Å². The minimum atomic E-state index is -0.272. The van der Waals surface area contributed by atoms with Crippen molar-refractivity contribution in [1.29, 1.82) is 0 Å². The molecule has 187 valence electrons. The number of anilines is 1. The number of hydrogen-bond donors (Lipinski definition) is 3. The van der Waals surface area contributed by atoms with Crippen molar-refractivity contribution in [2.75, 3.05) is 26.1 Å². The third-order valence-electron chi connectivity index (χ3n) is 5.18. The van der Waals surface area contributed by atoms with E-state index in [1.807, 2.05) is 67.2 Å². The molecule has 36 heavy (non-hydrogen) atoms. The summed E-state index contributed by atoms with van der Waals surface area (Å²) in [5.41, 5.74) is 8.89. The van der Waals surface area contributed by atoms with Crippen LogP contribution in [0.1, 0.15) is 40.7 Å². The monoisotopic (exact) mass is 486 g/mol. The van der Waals surface area contributed by atoms with Gasteiger partial charge in [-0.2, -0.15) is 10.2 Å². The molecule has 0 aliphatic rings. The molecule has 0 bridgehead atoms. The fourth-order valence-electron chi connectivity index (χ4n) is 3.22. The molecule has 0 unspecified atom stereocenters. The number of amides is 1. The van der Waals surface area contributed by atoms with E-state index in [0.717, 1.165) is 54.1 Å². The summed E-state index contributed by atoms with van der Waals surface area (Å²) in [7, 11) is 3.26. The van der Waals surface area contributed by atoms with Gasteiger partial charge in [-0.15, -0.1) is 0 Å². The Labute approximate surface area is 212 Å². The fourth-order valence-corrected chi connectivity index (χ4v) is 3.22. The Morgan fingerprint density at radius 1 is 0.833 bits per heavy atom. The number of carbonyl (C=O) groups excluding carboxylic acids is 1. The van der Waals surface area contributed by atoms with Crippen molar-refractivity contribution >= 4 is 24.0 Å². The van der Waals surface area contributed by atoms with Gasteiger partial charge in [-0.25, -0.2) is 5.43 Å². The normalized spacial score (nSPS) is 10.9. The molecule has 0 atom stereocenters. The molecule has 3 N–H and O–H groups in total. The van der Waals surface area contributed by atoms with Crippen LogP contribution in [0.3, 0.4) is 0 Å². The third-order valence-corrected chi connectivity index (χ3v) is 5.18. The first-order valence-electron chi connectivity index (χ1n) is 11.7. The van der Waals surface area contributed by atoms with Gasteiger partial charge in [-0.05, 0) is 78.9 Å². The fraction of sp³-hybridized carbons (Fsp3) is 0.214. The highest BCUT2D eigenvalue weighted by Crippen LogP contribution is 2.13. The van der Waals surface area contributed by atoms with E-state index in [-0.39, 0.29) is 5.91 Å². The van der Waals surface area contributed by atoms with Crippen LogP contribution in [0.4, 0.5) is 5.69 Å². The summed E-state index contributed by atoms with van der Waals surface area (Å²) < 4.78 is 10.4. The number of unbranched alkanes of at least 4 members (excludes halogenated alkanes) is 2. The quantitative estimate of drug-likeness (QED) is 0.172. The molecule has 1 radical (unpaired) electrons. The molecule has 8 nitrogen and oxygen atoms in total. The molecule has 0 aliphatic carbocycles. The number of hydrazone groups is 2. The molecule has 0 aliphatic heterocycles. The van der Waals surface area contributed by atoms with E-state index < -0.39 is 0 Å². The van der Waals surface area contributed by atoms with Crippen LogP contribution in [-0.2, 0) is 0 Å². The Kier molecular flexibility index (Phi) is 10.8. The highest BCUT2D eigenvalue weighted by atomic mass is 16.5. The Morgan fingerprint density at radius 2 is 1.47 bits per heavy atom. The standard InChI is InChI=1S/C28H32N5O3/c1-35-26-10-6-8-22(18-26)20-31-30-17-5-3-4-16-29-25-14-12-24(13-15-25)28(34)33-32-21-23-9-7-11-27(19-23)36-2/h6-16,18-21,29-30H,3-5,17H2,1-2H3,(H,33,34). The van der Waals surface area contributed by atoms with E-state index in [4.69, 9.17) is 9.47 Å². The van der Waals surface area contributed by atoms with Crippen molar-refractivity contribution in [1.82, 2.24) is 10.9 Å². The highest BCUT2D eigenvalue weighted by molar-refractivity contribution is 5.95. The molecular formula is C28H32N5O3. The van der Waals surface area contributed by atoms with E-state index in [1.165, 1.54) is 0 Å². The van der Waals surface area contributed by atoms with E-state index in [0.29, 0.717) is 5.56 Å². The van der Waals surface area contributed by atoms with Crippen LogP contribution in [0.25, 0.3) is 0 Å². The molecule has 3 aromatic carbocycles. The minimum Gasteiger partial charge on any atom is -0.497 e. The summed E-state index contributed by atoms with van der Waals surface area (Å²) >= 11 is 0. The summed E-state index contributed by atoms with van der Waals surface area (Å²) in [6.45, 7) is 2.82. The lowest BCUT2D eigenvalue weighted by Gasteiger charge is -2.07. The highest BCUT2D eigenvalue weighted by Gasteiger charge is 2.04. The maximum absolute atomic E-state index is 12.3. The Bertz CT molecular complexity index is 1150. The lowest BCUT2D eigenvalue weighted by Crippen LogP contribution is -2.17. The second kappa shape index (κ2) is 14.8. The van der Waals surface area contributed by atoms with Crippen molar-refractivity contribution in [2.45, 2.75) is 19.3 Å².